The molecule has 0 radical (unpaired) electrons. The lowest BCUT2D eigenvalue weighted by Crippen LogP contribution is -2.20. The Bertz CT molecular complexity index is 96.2. The molecule has 1 aliphatic rings. The Labute approximate surface area is 65.0 Å². The summed E-state index contributed by atoms with van der Waals surface area (Å²) in [7, 11) is 0. The summed E-state index contributed by atoms with van der Waals surface area (Å²) in [5, 5.41) is 0. The predicted octanol–water partition coefficient (Wildman–Crippen LogP) is 3.47. The molecule has 3 atom stereocenters. The van der Waals surface area contributed by atoms with Crippen LogP contribution < -0.4 is 0 Å². The first-order valence-electron chi connectivity index (χ1n) is 4.74. The Morgan fingerprint density at radius 3 is 2.40 bits per heavy atom. The van der Waals surface area contributed by atoms with Crippen LogP contribution in [0.5, 0.6) is 0 Å². The van der Waals surface area contributed by atoms with Crippen LogP contribution in [0, 0.1) is 17.8 Å². The monoisotopic (exact) mass is 140 g/mol. The third-order valence-electron chi connectivity index (χ3n) is 3.15. The van der Waals surface area contributed by atoms with Crippen molar-refractivity contribution in [1.29, 1.82) is 0 Å². The van der Waals surface area contributed by atoms with Crippen LogP contribution in [-0.4, -0.2) is 0 Å². The fraction of sp³-hybridized carbons (Fsp3) is 1.00. The lowest BCUT2D eigenvalue weighted by molar-refractivity contribution is 0.198. The van der Waals surface area contributed by atoms with Gasteiger partial charge in [0.05, 0.1) is 0 Å². The predicted molar refractivity (Wildman–Crippen MR) is 46.0 cm³/mol. The summed E-state index contributed by atoms with van der Waals surface area (Å²) < 4.78 is 0. The molecule has 0 heteroatoms. The molecule has 1 rings (SSSR count). The molecule has 1 fully saturated rings. The molecule has 0 bridgehead atoms. The van der Waals surface area contributed by atoms with Gasteiger partial charge in [-0.2, -0.15) is 0 Å². The van der Waals surface area contributed by atoms with E-state index in [0.29, 0.717) is 0 Å². The van der Waals surface area contributed by atoms with E-state index < -0.39 is 0 Å². The third-order valence-corrected chi connectivity index (χ3v) is 3.15. The molecule has 0 heterocycles. The smallest absolute Gasteiger partial charge is 0.0389 e. The first-order chi connectivity index (χ1) is 4.74. The van der Waals surface area contributed by atoms with Crippen LogP contribution in [-0.2, 0) is 0 Å². The van der Waals surface area contributed by atoms with E-state index in [9.17, 15) is 0 Å². The molecule has 0 amide bonds. The average Bonchev–Trinajstić information content (AvgIpc) is 1.94. The quantitative estimate of drug-likeness (QED) is 0.523. The summed E-state index contributed by atoms with van der Waals surface area (Å²) in [6.07, 6.45) is 5.82. The SMILES string of the molecule is CCC1C[C@@H](C)CCC1C. The van der Waals surface area contributed by atoms with E-state index in [-0.39, 0.29) is 0 Å². The second kappa shape index (κ2) is 3.41. The van der Waals surface area contributed by atoms with Crippen LogP contribution in [0.1, 0.15) is 46.5 Å². The second-order valence-corrected chi connectivity index (χ2v) is 4.06. The minimum absolute atomic E-state index is 1.00. The van der Waals surface area contributed by atoms with Gasteiger partial charge in [-0.3, -0.25) is 0 Å². The summed E-state index contributed by atoms with van der Waals surface area (Å²) in [6.45, 7) is 7.15. The Hall–Kier alpha value is 0. The average molecular weight is 140 g/mol. The van der Waals surface area contributed by atoms with Gasteiger partial charge in [0.25, 0.3) is 0 Å². The zero-order valence-electron chi connectivity index (χ0n) is 7.56. The fourth-order valence-electron chi connectivity index (χ4n) is 2.22. The van der Waals surface area contributed by atoms with Gasteiger partial charge in [0.15, 0.2) is 0 Å². The topological polar surface area (TPSA) is 0 Å². The van der Waals surface area contributed by atoms with Gasteiger partial charge in [0, 0.05) is 0 Å². The molecule has 0 aliphatic heterocycles. The van der Waals surface area contributed by atoms with Gasteiger partial charge in [0.1, 0.15) is 0 Å². The number of hydrogen-bond donors (Lipinski definition) is 0. The van der Waals surface area contributed by atoms with Gasteiger partial charge in [-0.15, -0.1) is 0 Å². The summed E-state index contributed by atoms with van der Waals surface area (Å²) in [4.78, 5) is 0. The molecular formula is C10H20. The molecule has 0 aromatic rings. The molecule has 2 unspecified atom stereocenters. The van der Waals surface area contributed by atoms with E-state index in [1.54, 1.807) is 0 Å². The van der Waals surface area contributed by atoms with Crippen molar-refractivity contribution in [3.63, 3.8) is 0 Å². The van der Waals surface area contributed by atoms with E-state index in [2.05, 4.69) is 20.8 Å². The molecule has 1 aliphatic carbocycles. The van der Waals surface area contributed by atoms with Crippen molar-refractivity contribution in [2.24, 2.45) is 17.8 Å². The van der Waals surface area contributed by atoms with Crippen LogP contribution in [0.2, 0.25) is 0 Å². The van der Waals surface area contributed by atoms with E-state index >= 15 is 0 Å². The molecule has 60 valence electrons. The van der Waals surface area contributed by atoms with Gasteiger partial charge >= 0.3 is 0 Å². The zero-order valence-corrected chi connectivity index (χ0v) is 7.56. The molecule has 0 aromatic heterocycles. The maximum Gasteiger partial charge on any atom is -0.0389 e. The molecule has 0 saturated heterocycles. The largest absolute Gasteiger partial charge is 0.0651 e. The highest BCUT2D eigenvalue weighted by atomic mass is 14.3. The first-order valence-corrected chi connectivity index (χ1v) is 4.74. The van der Waals surface area contributed by atoms with E-state index in [1.807, 2.05) is 0 Å². The van der Waals surface area contributed by atoms with Gasteiger partial charge in [0.2, 0.25) is 0 Å². The van der Waals surface area contributed by atoms with Gasteiger partial charge < -0.3 is 0 Å². The second-order valence-electron chi connectivity index (χ2n) is 4.06. The van der Waals surface area contributed by atoms with E-state index in [4.69, 9.17) is 0 Å². The molecule has 0 aromatic carbocycles. The lowest BCUT2D eigenvalue weighted by Gasteiger charge is -2.31. The van der Waals surface area contributed by atoms with Crippen molar-refractivity contribution >= 4 is 0 Å². The van der Waals surface area contributed by atoms with Crippen LogP contribution in [0.15, 0.2) is 0 Å². The maximum atomic E-state index is 2.42. The summed E-state index contributed by atoms with van der Waals surface area (Å²) in [5.74, 6) is 3.03. The molecule has 0 spiro atoms. The van der Waals surface area contributed by atoms with Crippen LogP contribution >= 0.6 is 0 Å². The normalized spacial score (nSPS) is 41.7. The molecule has 0 N–H and O–H groups in total. The molecule has 1 saturated carbocycles. The van der Waals surface area contributed by atoms with Gasteiger partial charge in [-0.1, -0.05) is 40.0 Å². The first kappa shape index (κ1) is 8.10. The standard InChI is InChI=1S/C10H20/c1-4-10-7-8(2)5-6-9(10)3/h8-10H,4-7H2,1-3H3/t8-,9?,10?/m0/s1. The minimum atomic E-state index is 1.00. The molecule has 10 heavy (non-hydrogen) atoms. The van der Waals surface area contributed by atoms with Crippen molar-refractivity contribution in [3.8, 4) is 0 Å². The number of rotatable bonds is 1. The lowest BCUT2D eigenvalue weighted by atomic mass is 9.74. The number of hydrogen-bond acceptors (Lipinski definition) is 0. The van der Waals surface area contributed by atoms with Crippen molar-refractivity contribution in [2.75, 3.05) is 0 Å². The summed E-state index contributed by atoms with van der Waals surface area (Å²) in [5.41, 5.74) is 0. The Kier molecular flexibility index (Phi) is 2.76. The van der Waals surface area contributed by atoms with Crippen molar-refractivity contribution < 1.29 is 0 Å². The minimum Gasteiger partial charge on any atom is -0.0651 e. The Morgan fingerprint density at radius 2 is 1.90 bits per heavy atom. The van der Waals surface area contributed by atoms with E-state index in [0.717, 1.165) is 17.8 Å². The van der Waals surface area contributed by atoms with Crippen molar-refractivity contribution in [1.82, 2.24) is 0 Å². The van der Waals surface area contributed by atoms with E-state index in [1.165, 1.54) is 25.7 Å². The molecular weight excluding hydrogens is 120 g/mol. The Morgan fingerprint density at radius 1 is 1.20 bits per heavy atom. The highest BCUT2D eigenvalue weighted by Crippen LogP contribution is 2.34. The highest BCUT2D eigenvalue weighted by Gasteiger charge is 2.23. The highest BCUT2D eigenvalue weighted by molar-refractivity contribution is 4.74. The van der Waals surface area contributed by atoms with Crippen LogP contribution in [0.25, 0.3) is 0 Å². The third kappa shape index (κ3) is 1.74. The zero-order chi connectivity index (χ0) is 7.56. The Balaban J connectivity index is 2.38. The summed E-state index contributed by atoms with van der Waals surface area (Å²) >= 11 is 0. The fourth-order valence-corrected chi connectivity index (χ4v) is 2.22. The maximum absolute atomic E-state index is 2.42. The van der Waals surface area contributed by atoms with Gasteiger partial charge in [-0.25, -0.2) is 0 Å². The van der Waals surface area contributed by atoms with Crippen molar-refractivity contribution in [2.45, 2.75) is 46.5 Å². The molecule has 0 nitrogen and oxygen atoms in total. The van der Waals surface area contributed by atoms with Crippen molar-refractivity contribution in [3.05, 3.63) is 0 Å². The van der Waals surface area contributed by atoms with Crippen LogP contribution in [0.4, 0.5) is 0 Å². The van der Waals surface area contributed by atoms with Crippen LogP contribution in [0.3, 0.4) is 0 Å². The van der Waals surface area contributed by atoms with Gasteiger partial charge in [-0.05, 0) is 24.2 Å². The summed E-state index contributed by atoms with van der Waals surface area (Å²) in [6, 6.07) is 0.